The van der Waals surface area contributed by atoms with Crippen LogP contribution < -0.4 is 10.1 Å². The van der Waals surface area contributed by atoms with Crippen molar-refractivity contribution in [2.75, 3.05) is 13.2 Å². The molecule has 3 rings (SSSR count). The van der Waals surface area contributed by atoms with Gasteiger partial charge in [0, 0.05) is 19.5 Å². The Bertz CT molecular complexity index is 828. The van der Waals surface area contributed by atoms with Crippen LogP contribution in [0, 0.1) is 11.3 Å². The van der Waals surface area contributed by atoms with Crippen LogP contribution in [0.3, 0.4) is 0 Å². The van der Waals surface area contributed by atoms with E-state index in [9.17, 15) is 0 Å². The molecule has 3 nitrogen and oxygen atoms in total. The predicted molar refractivity (Wildman–Crippen MR) is 127 cm³/mol. The topological polar surface area (TPSA) is 30.5 Å². The molecule has 1 aliphatic carbocycles. The molecule has 164 valence electrons. The molecule has 2 aromatic carbocycles. The van der Waals surface area contributed by atoms with E-state index in [-0.39, 0.29) is 0 Å². The zero-order chi connectivity index (χ0) is 21.6. The summed E-state index contributed by atoms with van der Waals surface area (Å²) in [6, 6.07) is 13.2. The zero-order valence-corrected chi connectivity index (χ0v) is 19.3. The molecule has 0 atom stereocenters. The summed E-state index contributed by atoms with van der Waals surface area (Å²) in [4.78, 5) is 0. The molecule has 0 amide bonds. The van der Waals surface area contributed by atoms with E-state index in [0.717, 1.165) is 36.9 Å². The van der Waals surface area contributed by atoms with Gasteiger partial charge in [-0.1, -0.05) is 45.5 Å². The summed E-state index contributed by atoms with van der Waals surface area (Å²) < 4.78 is 11.7. The van der Waals surface area contributed by atoms with Gasteiger partial charge < -0.3 is 14.8 Å². The van der Waals surface area contributed by atoms with Crippen molar-refractivity contribution < 1.29 is 9.47 Å². The Morgan fingerprint density at radius 2 is 1.73 bits per heavy atom. The minimum Gasteiger partial charge on any atom is -0.499 e. The molecule has 0 bridgehead atoms. The Morgan fingerprint density at radius 3 is 2.43 bits per heavy atom. The summed E-state index contributed by atoms with van der Waals surface area (Å²) in [5.41, 5.74) is 1.70. The Morgan fingerprint density at radius 1 is 1.03 bits per heavy atom. The average molecular weight is 410 g/mol. The SMILES string of the molecule is C=C(CCNCc1ccc2cc(O[C@H]3CC[C@H](C(C)(C)C)CC3)ccc2c1)OCC. The summed E-state index contributed by atoms with van der Waals surface area (Å²) in [6.07, 6.45) is 6.09. The minimum absolute atomic E-state index is 0.357. The molecule has 1 fully saturated rings. The smallest absolute Gasteiger partial charge is 0.120 e. The number of rotatable bonds is 9. The van der Waals surface area contributed by atoms with Crippen molar-refractivity contribution in [3.8, 4) is 5.75 Å². The van der Waals surface area contributed by atoms with Gasteiger partial charge in [-0.15, -0.1) is 0 Å². The van der Waals surface area contributed by atoms with Gasteiger partial charge in [0.05, 0.1) is 18.5 Å². The number of nitrogens with one attached hydrogen (secondary N) is 1. The summed E-state index contributed by atoms with van der Waals surface area (Å²) in [6.45, 7) is 15.4. The van der Waals surface area contributed by atoms with E-state index < -0.39 is 0 Å². The van der Waals surface area contributed by atoms with Crippen molar-refractivity contribution >= 4 is 10.8 Å². The molecule has 0 saturated heterocycles. The van der Waals surface area contributed by atoms with E-state index in [4.69, 9.17) is 9.47 Å². The van der Waals surface area contributed by atoms with E-state index in [0.29, 0.717) is 18.1 Å². The van der Waals surface area contributed by atoms with Crippen molar-refractivity contribution in [2.24, 2.45) is 11.3 Å². The van der Waals surface area contributed by atoms with Crippen LogP contribution in [0.2, 0.25) is 0 Å². The number of fused-ring (bicyclic) bond motifs is 1. The molecule has 30 heavy (non-hydrogen) atoms. The van der Waals surface area contributed by atoms with E-state index in [2.05, 4.69) is 69.1 Å². The third kappa shape index (κ3) is 6.50. The molecule has 1 aliphatic rings. The van der Waals surface area contributed by atoms with E-state index >= 15 is 0 Å². The van der Waals surface area contributed by atoms with Gasteiger partial charge in [-0.3, -0.25) is 0 Å². The lowest BCUT2D eigenvalue weighted by atomic mass is 9.72. The van der Waals surface area contributed by atoms with Gasteiger partial charge in [-0.25, -0.2) is 0 Å². The van der Waals surface area contributed by atoms with Gasteiger partial charge >= 0.3 is 0 Å². The maximum atomic E-state index is 6.34. The monoisotopic (exact) mass is 409 g/mol. The first-order valence-electron chi connectivity index (χ1n) is 11.6. The van der Waals surface area contributed by atoms with E-state index in [1.54, 1.807) is 0 Å². The maximum absolute atomic E-state index is 6.34. The van der Waals surface area contributed by atoms with Crippen LogP contribution in [0.5, 0.6) is 5.75 Å². The highest BCUT2D eigenvalue weighted by Gasteiger charge is 2.30. The van der Waals surface area contributed by atoms with Crippen molar-refractivity contribution in [2.45, 2.75) is 72.4 Å². The normalized spacial score (nSPS) is 19.6. The van der Waals surface area contributed by atoms with Crippen LogP contribution in [-0.4, -0.2) is 19.3 Å². The summed E-state index contributed by atoms with van der Waals surface area (Å²) in [5, 5.41) is 5.97. The molecule has 1 saturated carbocycles. The first-order chi connectivity index (χ1) is 14.3. The fourth-order valence-corrected chi connectivity index (χ4v) is 4.43. The van der Waals surface area contributed by atoms with Crippen molar-refractivity contribution in [1.29, 1.82) is 0 Å². The van der Waals surface area contributed by atoms with Crippen LogP contribution in [-0.2, 0) is 11.3 Å². The molecule has 0 aromatic heterocycles. The lowest BCUT2D eigenvalue weighted by molar-refractivity contribution is 0.0883. The van der Waals surface area contributed by atoms with Gasteiger partial charge in [0.25, 0.3) is 0 Å². The second-order valence-corrected chi connectivity index (χ2v) is 9.70. The highest BCUT2D eigenvalue weighted by Crippen LogP contribution is 2.39. The highest BCUT2D eigenvalue weighted by atomic mass is 16.5. The first kappa shape index (κ1) is 22.7. The molecule has 0 unspecified atom stereocenters. The number of hydrogen-bond donors (Lipinski definition) is 1. The third-order valence-corrected chi connectivity index (χ3v) is 6.34. The molecule has 0 heterocycles. The predicted octanol–water partition coefficient (Wildman–Crippen LogP) is 6.85. The first-order valence-corrected chi connectivity index (χ1v) is 11.6. The van der Waals surface area contributed by atoms with Gasteiger partial charge in [-0.05, 0) is 78.5 Å². The zero-order valence-electron chi connectivity index (χ0n) is 19.3. The fraction of sp³-hybridized carbons (Fsp3) is 0.556. The number of benzene rings is 2. The van der Waals surface area contributed by atoms with Gasteiger partial charge in [0.2, 0.25) is 0 Å². The molecule has 1 N–H and O–H groups in total. The van der Waals surface area contributed by atoms with Gasteiger partial charge in [0.15, 0.2) is 0 Å². The van der Waals surface area contributed by atoms with Crippen LogP contribution in [0.25, 0.3) is 10.8 Å². The minimum atomic E-state index is 0.357. The second-order valence-electron chi connectivity index (χ2n) is 9.70. The maximum Gasteiger partial charge on any atom is 0.120 e. The number of ether oxygens (including phenoxy) is 2. The molecule has 0 radical (unpaired) electrons. The number of hydrogen-bond acceptors (Lipinski definition) is 3. The summed E-state index contributed by atoms with van der Waals surface area (Å²) in [5.74, 6) is 2.67. The van der Waals surface area contributed by atoms with E-state index in [1.165, 1.54) is 42.0 Å². The second kappa shape index (κ2) is 10.3. The quantitative estimate of drug-likeness (QED) is 0.363. The molecule has 0 spiro atoms. The van der Waals surface area contributed by atoms with Crippen LogP contribution in [0.1, 0.15) is 65.4 Å². The van der Waals surface area contributed by atoms with E-state index in [1.807, 2.05) is 6.92 Å². The van der Waals surface area contributed by atoms with Gasteiger partial charge in [-0.2, -0.15) is 0 Å². The molecule has 0 aliphatic heterocycles. The molecule has 2 aromatic rings. The van der Waals surface area contributed by atoms with Crippen molar-refractivity contribution in [3.05, 3.63) is 54.3 Å². The standard InChI is InChI=1S/C27H39NO2/c1-6-29-20(2)15-16-28-19-21-7-8-23-18-26(12-9-22(23)17-21)30-25-13-10-24(11-14-25)27(3,4)5/h7-9,12,17-18,24-25,28H,2,6,10-11,13-16,19H2,1,3-5H3/t24-,25-. The Labute approximate surface area is 182 Å². The van der Waals surface area contributed by atoms with Crippen LogP contribution in [0.4, 0.5) is 0 Å². The lowest BCUT2D eigenvalue weighted by Crippen LogP contribution is -2.30. The van der Waals surface area contributed by atoms with Crippen molar-refractivity contribution in [1.82, 2.24) is 5.32 Å². The third-order valence-electron chi connectivity index (χ3n) is 6.34. The molecule has 3 heteroatoms. The average Bonchev–Trinajstić information content (AvgIpc) is 2.71. The summed E-state index contributed by atoms with van der Waals surface area (Å²) >= 11 is 0. The van der Waals surface area contributed by atoms with Crippen LogP contribution in [0.15, 0.2) is 48.7 Å². The Kier molecular flexibility index (Phi) is 7.82. The fourth-order valence-electron chi connectivity index (χ4n) is 4.43. The highest BCUT2D eigenvalue weighted by molar-refractivity contribution is 5.84. The largest absolute Gasteiger partial charge is 0.499 e. The molecular formula is C27H39NO2. The Hall–Kier alpha value is -2.00. The van der Waals surface area contributed by atoms with Gasteiger partial charge in [0.1, 0.15) is 5.75 Å². The molecular weight excluding hydrogens is 370 g/mol. The summed E-state index contributed by atoms with van der Waals surface area (Å²) in [7, 11) is 0. The van der Waals surface area contributed by atoms with Crippen LogP contribution >= 0.6 is 0 Å². The lowest BCUT2D eigenvalue weighted by Gasteiger charge is -2.37. The Balaban J connectivity index is 1.51. The van der Waals surface area contributed by atoms with Crippen molar-refractivity contribution in [3.63, 3.8) is 0 Å².